The zero-order valence-corrected chi connectivity index (χ0v) is 15.1. The van der Waals surface area contributed by atoms with Crippen molar-refractivity contribution in [1.29, 1.82) is 5.26 Å². The number of nitriles is 1. The molecule has 0 aromatic carbocycles. The number of rotatable bonds is 1. The minimum Gasteiger partial charge on any atom is -0.387 e. The molecular formula is C19H25N3S. The number of thiazole rings is 1. The Morgan fingerprint density at radius 2 is 2.13 bits per heavy atom. The van der Waals surface area contributed by atoms with Crippen LogP contribution in [0, 0.1) is 16.7 Å². The molecule has 1 saturated carbocycles. The number of allylic oxidation sites excluding steroid dienone is 2. The Morgan fingerprint density at radius 3 is 2.87 bits per heavy atom. The van der Waals surface area contributed by atoms with Gasteiger partial charge in [0.25, 0.3) is 0 Å². The van der Waals surface area contributed by atoms with E-state index in [4.69, 9.17) is 4.98 Å². The van der Waals surface area contributed by atoms with Crippen LogP contribution in [0.5, 0.6) is 0 Å². The quantitative estimate of drug-likeness (QED) is 0.760. The van der Waals surface area contributed by atoms with Crippen molar-refractivity contribution in [2.45, 2.75) is 70.6 Å². The first-order chi connectivity index (χ1) is 11.0. The number of nitrogens with zero attached hydrogens (tertiary/aromatic N) is 2. The van der Waals surface area contributed by atoms with Gasteiger partial charge in [0.1, 0.15) is 16.6 Å². The largest absolute Gasteiger partial charge is 0.387 e. The van der Waals surface area contributed by atoms with Crippen molar-refractivity contribution in [2.75, 3.05) is 6.54 Å². The molecule has 2 unspecified atom stereocenters. The van der Waals surface area contributed by atoms with Crippen molar-refractivity contribution in [1.82, 2.24) is 10.3 Å². The highest BCUT2D eigenvalue weighted by atomic mass is 32.1. The number of aromatic nitrogens is 1. The highest BCUT2D eigenvalue weighted by Crippen LogP contribution is 2.68. The number of hydrogen-bond acceptors (Lipinski definition) is 4. The van der Waals surface area contributed by atoms with Crippen LogP contribution in [-0.4, -0.2) is 11.5 Å². The lowest BCUT2D eigenvalue weighted by atomic mass is 9.70. The Morgan fingerprint density at radius 1 is 1.30 bits per heavy atom. The maximum absolute atomic E-state index is 9.75. The summed E-state index contributed by atoms with van der Waals surface area (Å²) >= 11 is 1.79. The van der Waals surface area contributed by atoms with Crippen LogP contribution in [-0.2, 0) is 5.41 Å². The lowest BCUT2D eigenvalue weighted by molar-refractivity contribution is 0.227. The topological polar surface area (TPSA) is 48.7 Å². The summed E-state index contributed by atoms with van der Waals surface area (Å²) in [6.07, 6.45) is 7.11. The van der Waals surface area contributed by atoms with Gasteiger partial charge in [0.2, 0.25) is 0 Å². The highest BCUT2D eigenvalue weighted by molar-refractivity contribution is 7.13. The van der Waals surface area contributed by atoms with Gasteiger partial charge in [0.05, 0.1) is 5.69 Å². The molecule has 1 aromatic rings. The van der Waals surface area contributed by atoms with E-state index in [0.717, 1.165) is 29.2 Å². The van der Waals surface area contributed by atoms with E-state index >= 15 is 0 Å². The first-order valence-electron chi connectivity index (χ1n) is 8.88. The summed E-state index contributed by atoms with van der Waals surface area (Å²) in [6, 6.07) is 2.45. The molecule has 2 atom stereocenters. The molecule has 2 fully saturated rings. The molecule has 1 aromatic heterocycles. The van der Waals surface area contributed by atoms with E-state index in [2.05, 4.69) is 32.2 Å². The molecule has 3 nitrogen and oxygen atoms in total. The molecule has 1 saturated heterocycles. The highest BCUT2D eigenvalue weighted by Gasteiger charge is 2.61. The minimum atomic E-state index is 0.184. The molecule has 23 heavy (non-hydrogen) atoms. The third-order valence-corrected chi connectivity index (χ3v) is 7.97. The molecule has 122 valence electrons. The minimum absolute atomic E-state index is 0.184. The molecule has 2 heterocycles. The summed E-state index contributed by atoms with van der Waals surface area (Å²) in [7, 11) is 0. The lowest BCUT2D eigenvalue weighted by Gasteiger charge is -2.34. The van der Waals surface area contributed by atoms with Gasteiger partial charge in [-0.1, -0.05) is 27.2 Å². The second kappa shape index (κ2) is 5.08. The van der Waals surface area contributed by atoms with Gasteiger partial charge < -0.3 is 5.32 Å². The molecule has 1 aliphatic heterocycles. The van der Waals surface area contributed by atoms with E-state index in [1.165, 1.54) is 42.7 Å². The fourth-order valence-corrected chi connectivity index (χ4v) is 6.38. The fourth-order valence-electron chi connectivity index (χ4n) is 4.84. The summed E-state index contributed by atoms with van der Waals surface area (Å²) in [6.45, 7) is 8.16. The second-order valence-electron chi connectivity index (χ2n) is 8.08. The lowest BCUT2D eigenvalue weighted by Crippen LogP contribution is -2.32. The maximum atomic E-state index is 9.75. The number of fused-ring (bicyclic) bond motifs is 5. The molecule has 4 heteroatoms. The Balaban J connectivity index is 1.78. The zero-order valence-electron chi connectivity index (χ0n) is 14.3. The van der Waals surface area contributed by atoms with E-state index in [-0.39, 0.29) is 5.41 Å². The zero-order chi connectivity index (χ0) is 16.2. The summed E-state index contributed by atoms with van der Waals surface area (Å²) in [4.78, 5) is 6.47. The van der Waals surface area contributed by atoms with E-state index in [1.807, 2.05) is 0 Å². The van der Waals surface area contributed by atoms with Gasteiger partial charge in [-0.3, -0.25) is 0 Å². The van der Waals surface area contributed by atoms with Gasteiger partial charge in [-0.2, -0.15) is 5.26 Å². The van der Waals surface area contributed by atoms with E-state index in [9.17, 15) is 5.26 Å². The van der Waals surface area contributed by atoms with Crippen LogP contribution in [0.1, 0.15) is 80.8 Å². The van der Waals surface area contributed by atoms with Crippen LogP contribution >= 0.6 is 11.3 Å². The van der Waals surface area contributed by atoms with Crippen molar-refractivity contribution in [3.63, 3.8) is 0 Å². The molecular weight excluding hydrogens is 302 g/mol. The van der Waals surface area contributed by atoms with Gasteiger partial charge >= 0.3 is 0 Å². The van der Waals surface area contributed by atoms with Gasteiger partial charge in [0.15, 0.2) is 0 Å². The third kappa shape index (κ3) is 1.96. The van der Waals surface area contributed by atoms with Gasteiger partial charge in [-0.25, -0.2) is 4.98 Å². The normalized spacial score (nSPS) is 33.6. The maximum Gasteiger partial charge on any atom is 0.136 e. The van der Waals surface area contributed by atoms with E-state index < -0.39 is 0 Å². The molecule has 1 N–H and O–H groups in total. The van der Waals surface area contributed by atoms with Crippen LogP contribution < -0.4 is 5.32 Å². The summed E-state index contributed by atoms with van der Waals surface area (Å²) in [5.74, 6) is 0.626. The molecule has 2 aliphatic carbocycles. The van der Waals surface area contributed by atoms with Crippen molar-refractivity contribution in [2.24, 2.45) is 5.41 Å². The average molecular weight is 327 g/mol. The van der Waals surface area contributed by atoms with Crippen LogP contribution in [0.4, 0.5) is 0 Å². The SMILES string of the molecule is CC12CCC(c3sc(C(C#N)=C4CCCCCN4)nc31)C2(C)C. The summed E-state index contributed by atoms with van der Waals surface area (Å²) in [5, 5.41) is 14.2. The first kappa shape index (κ1) is 15.2. The standard InChI is InChI=1S/C19H25N3S/c1-18(2)13-8-9-19(18,3)16-15(13)23-17(22-16)12(11-20)14-7-5-4-6-10-21-14/h13,21H,4-10H2,1-3H3. The Labute approximate surface area is 142 Å². The molecule has 4 rings (SSSR count). The fraction of sp³-hybridized carbons (Fsp3) is 0.684. The van der Waals surface area contributed by atoms with Crippen molar-refractivity contribution < 1.29 is 0 Å². The van der Waals surface area contributed by atoms with Crippen LogP contribution in [0.25, 0.3) is 5.57 Å². The average Bonchev–Trinajstić information content (AvgIpc) is 2.96. The Bertz CT molecular complexity index is 711. The number of hydrogen-bond donors (Lipinski definition) is 1. The molecule has 3 aliphatic rings. The predicted molar refractivity (Wildman–Crippen MR) is 94.2 cm³/mol. The van der Waals surface area contributed by atoms with Gasteiger partial charge in [-0.15, -0.1) is 11.3 Å². The van der Waals surface area contributed by atoms with Gasteiger partial charge in [0, 0.05) is 28.5 Å². The van der Waals surface area contributed by atoms with E-state index in [0.29, 0.717) is 11.3 Å². The molecule has 0 spiro atoms. The molecule has 0 amide bonds. The van der Waals surface area contributed by atoms with Crippen LogP contribution in [0.3, 0.4) is 0 Å². The molecule has 2 bridgehead atoms. The smallest absolute Gasteiger partial charge is 0.136 e. The molecule has 0 radical (unpaired) electrons. The first-order valence-corrected chi connectivity index (χ1v) is 9.69. The van der Waals surface area contributed by atoms with E-state index in [1.54, 1.807) is 11.3 Å². The van der Waals surface area contributed by atoms with Gasteiger partial charge in [-0.05, 0) is 37.5 Å². The van der Waals surface area contributed by atoms with Crippen LogP contribution in [0.2, 0.25) is 0 Å². The predicted octanol–water partition coefficient (Wildman–Crippen LogP) is 4.72. The van der Waals surface area contributed by atoms with Crippen LogP contribution in [0.15, 0.2) is 5.70 Å². The number of nitrogens with one attached hydrogen (secondary N) is 1. The van der Waals surface area contributed by atoms with Crippen molar-refractivity contribution in [3.05, 3.63) is 21.3 Å². The van der Waals surface area contributed by atoms with Crippen molar-refractivity contribution >= 4 is 16.9 Å². The second-order valence-corrected chi connectivity index (χ2v) is 9.11. The summed E-state index contributed by atoms with van der Waals surface area (Å²) in [5.41, 5.74) is 3.70. The Kier molecular flexibility index (Phi) is 3.36. The van der Waals surface area contributed by atoms with Crippen molar-refractivity contribution in [3.8, 4) is 6.07 Å². The Hall–Kier alpha value is -1.34. The third-order valence-electron chi connectivity index (χ3n) is 6.79. The summed E-state index contributed by atoms with van der Waals surface area (Å²) < 4.78 is 0. The monoisotopic (exact) mass is 327 g/mol.